The van der Waals surface area contributed by atoms with Crippen molar-refractivity contribution in [2.45, 2.75) is 34.2 Å². The van der Waals surface area contributed by atoms with Gasteiger partial charge in [-0.1, -0.05) is 13.8 Å². The minimum absolute atomic E-state index is 0.420. The number of hydrogen-bond acceptors (Lipinski definition) is 1. The average molecular weight is 195 g/mol. The lowest BCUT2D eigenvalue weighted by molar-refractivity contribution is 0.0696. The summed E-state index contributed by atoms with van der Waals surface area (Å²) in [6, 6.07) is 1.74. The highest BCUT2D eigenvalue weighted by atomic mass is 16.4. The Morgan fingerprint density at radius 1 is 1.50 bits per heavy atom. The van der Waals surface area contributed by atoms with Gasteiger partial charge in [-0.15, -0.1) is 0 Å². The van der Waals surface area contributed by atoms with E-state index in [2.05, 4.69) is 18.4 Å². The van der Waals surface area contributed by atoms with Crippen molar-refractivity contribution in [1.82, 2.24) is 4.57 Å². The van der Waals surface area contributed by atoms with E-state index in [1.54, 1.807) is 6.07 Å². The second-order valence-corrected chi connectivity index (χ2v) is 4.09. The van der Waals surface area contributed by atoms with Crippen LogP contribution in [0.25, 0.3) is 0 Å². The molecule has 1 heterocycles. The summed E-state index contributed by atoms with van der Waals surface area (Å²) in [6.07, 6.45) is 0. The summed E-state index contributed by atoms with van der Waals surface area (Å²) in [5.41, 5.74) is 2.29. The summed E-state index contributed by atoms with van der Waals surface area (Å²) >= 11 is 0. The molecule has 0 radical (unpaired) electrons. The Bertz CT molecular complexity index is 350. The van der Waals surface area contributed by atoms with Crippen LogP contribution in [0.3, 0.4) is 0 Å². The van der Waals surface area contributed by atoms with Gasteiger partial charge >= 0.3 is 5.97 Å². The van der Waals surface area contributed by atoms with E-state index in [0.717, 1.165) is 17.9 Å². The van der Waals surface area contributed by atoms with Crippen LogP contribution in [0.4, 0.5) is 0 Å². The van der Waals surface area contributed by atoms with Crippen molar-refractivity contribution < 1.29 is 9.90 Å². The molecule has 0 atom stereocenters. The molecule has 1 aromatic heterocycles. The molecule has 0 unspecified atom stereocenters. The third-order valence-electron chi connectivity index (χ3n) is 2.35. The molecule has 0 aliphatic heterocycles. The molecule has 78 valence electrons. The first kappa shape index (κ1) is 10.8. The van der Waals surface area contributed by atoms with Gasteiger partial charge in [-0.25, -0.2) is 4.79 Å². The molecule has 0 fully saturated rings. The Balaban J connectivity index is 3.11. The summed E-state index contributed by atoms with van der Waals surface area (Å²) in [7, 11) is 0. The number of aromatic carboxylic acids is 1. The number of carboxylic acid groups (broad SMARTS) is 1. The fourth-order valence-electron chi connectivity index (χ4n) is 1.66. The van der Waals surface area contributed by atoms with E-state index < -0.39 is 5.97 Å². The largest absolute Gasteiger partial charge is 0.478 e. The third kappa shape index (κ3) is 1.97. The smallest absolute Gasteiger partial charge is 0.337 e. The van der Waals surface area contributed by atoms with Gasteiger partial charge < -0.3 is 9.67 Å². The van der Waals surface area contributed by atoms with Crippen LogP contribution in [0.15, 0.2) is 6.07 Å². The van der Waals surface area contributed by atoms with Crippen molar-refractivity contribution in [3.05, 3.63) is 23.0 Å². The van der Waals surface area contributed by atoms with Crippen molar-refractivity contribution in [3.8, 4) is 0 Å². The molecule has 0 aliphatic carbocycles. The van der Waals surface area contributed by atoms with Crippen LogP contribution < -0.4 is 0 Å². The standard InChI is InChI=1S/C11H17NO2/c1-7(2)6-12-8(3)5-10(9(12)4)11(13)14/h5,7H,6H2,1-4H3,(H,13,14). The highest BCUT2D eigenvalue weighted by Crippen LogP contribution is 2.16. The molecule has 0 bridgehead atoms. The monoisotopic (exact) mass is 195 g/mol. The lowest BCUT2D eigenvalue weighted by Gasteiger charge is -2.11. The maximum Gasteiger partial charge on any atom is 0.337 e. The van der Waals surface area contributed by atoms with Gasteiger partial charge in [0.2, 0.25) is 0 Å². The van der Waals surface area contributed by atoms with Gasteiger partial charge in [0.25, 0.3) is 0 Å². The molecule has 0 aromatic carbocycles. The summed E-state index contributed by atoms with van der Waals surface area (Å²) in [6.45, 7) is 8.93. The molecule has 0 saturated heterocycles. The molecule has 0 saturated carbocycles. The number of carbonyl (C=O) groups is 1. The Hall–Kier alpha value is -1.25. The summed E-state index contributed by atoms with van der Waals surface area (Å²) in [5.74, 6) is -0.311. The van der Waals surface area contributed by atoms with E-state index in [1.165, 1.54) is 0 Å². The van der Waals surface area contributed by atoms with E-state index in [4.69, 9.17) is 5.11 Å². The van der Waals surface area contributed by atoms with Crippen LogP contribution in [0.1, 0.15) is 35.6 Å². The number of aryl methyl sites for hydroxylation is 1. The van der Waals surface area contributed by atoms with Crippen LogP contribution in [0, 0.1) is 19.8 Å². The quantitative estimate of drug-likeness (QED) is 0.805. The first-order valence-electron chi connectivity index (χ1n) is 4.83. The Kier molecular flexibility index (Phi) is 2.99. The Labute approximate surface area is 84.4 Å². The number of nitrogens with zero attached hydrogens (tertiary/aromatic N) is 1. The van der Waals surface area contributed by atoms with E-state index in [1.807, 2.05) is 13.8 Å². The fourth-order valence-corrected chi connectivity index (χ4v) is 1.66. The lowest BCUT2D eigenvalue weighted by atomic mass is 10.2. The van der Waals surface area contributed by atoms with Gasteiger partial charge in [-0.05, 0) is 25.8 Å². The zero-order chi connectivity index (χ0) is 10.9. The van der Waals surface area contributed by atoms with Gasteiger partial charge in [0.1, 0.15) is 0 Å². The number of hydrogen-bond donors (Lipinski definition) is 1. The Morgan fingerprint density at radius 2 is 2.07 bits per heavy atom. The summed E-state index contributed by atoms with van der Waals surface area (Å²) in [4.78, 5) is 10.9. The van der Waals surface area contributed by atoms with Crippen LogP contribution in [0.5, 0.6) is 0 Å². The second-order valence-electron chi connectivity index (χ2n) is 4.09. The Morgan fingerprint density at radius 3 is 2.43 bits per heavy atom. The molecule has 3 heteroatoms. The predicted molar refractivity (Wildman–Crippen MR) is 55.7 cm³/mol. The maximum absolute atomic E-state index is 10.9. The molecular formula is C11H17NO2. The van der Waals surface area contributed by atoms with Crippen molar-refractivity contribution in [3.63, 3.8) is 0 Å². The van der Waals surface area contributed by atoms with Crippen molar-refractivity contribution >= 4 is 5.97 Å². The molecule has 14 heavy (non-hydrogen) atoms. The minimum atomic E-state index is -0.840. The maximum atomic E-state index is 10.9. The molecule has 1 rings (SSSR count). The number of aromatic nitrogens is 1. The lowest BCUT2D eigenvalue weighted by Crippen LogP contribution is -2.08. The topological polar surface area (TPSA) is 42.2 Å². The molecule has 1 N–H and O–H groups in total. The molecule has 1 aromatic rings. The van der Waals surface area contributed by atoms with Crippen LogP contribution in [0.2, 0.25) is 0 Å². The van der Waals surface area contributed by atoms with Gasteiger partial charge in [-0.3, -0.25) is 0 Å². The average Bonchev–Trinajstić information content (AvgIpc) is 2.31. The normalized spacial score (nSPS) is 10.9. The predicted octanol–water partition coefficient (Wildman–Crippen LogP) is 2.46. The summed E-state index contributed by atoms with van der Waals surface area (Å²) < 4.78 is 2.06. The SMILES string of the molecule is Cc1cc(C(=O)O)c(C)n1CC(C)C. The first-order valence-corrected chi connectivity index (χ1v) is 4.83. The van der Waals surface area contributed by atoms with Gasteiger partial charge in [-0.2, -0.15) is 0 Å². The van der Waals surface area contributed by atoms with Crippen LogP contribution >= 0.6 is 0 Å². The number of rotatable bonds is 3. The van der Waals surface area contributed by atoms with E-state index >= 15 is 0 Å². The zero-order valence-corrected chi connectivity index (χ0v) is 9.16. The van der Waals surface area contributed by atoms with E-state index in [9.17, 15) is 4.79 Å². The zero-order valence-electron chi connectivity index (χ0n) is 9.16. The highest BCUT2D eigenvalue weighted by molar-refractivity contribution is 5.89. The molecule has 0 amide bonds. The van der Waals surface area contributed by atoms with Crippen LogP contribution in [-0.4, -0.2) is 15.6 Å². The molecule has 3 nitrogen and oxygen atoms in total. The van der Waals surface area contributed by atoms with Gasteiger partial charge in [0, 0.05) is 17.9 Å². The van der Waals surface area contributed by atoms with E-state index in [-0.39, 0.29) is 0 Å². The third-order valence-corrected chi connectivity index (χ3v) is 2.35. The van der Waals surface area contributed by atoms with Crippen molar-refractivity contribution in [2.75, 3.05) is 0 Å². The van der Waals surface area contributed by atoms with Crippen molar-refractivity contribution in [2.24, 2.45) is 5.92 Å². The second kappa shape index (κ2) is 3.86. The van der Waals surface area contributed by atoms with Gasteiger partial charge in [0.05, 0.1) is 5.56 Å². The van der Waals surface area contributed by atoms with E-state index in [0.29, 0.717) is 11.5 Å². The fraction of sp³-hybridized carbons (Fsp3) is 0.545. The summed E-state index contributed by atoms with van der Waals surface area (Å²) in [5, 5.41) is 8.92. The molecular weight excluding hydrogens is 178 g/mol. The van der Waals surface area contributed by atoms with Crippen LogP contribution in [-0.2, 0) is 6.54 Å². The molecule has 0 spiro atoms. The van der Waals surface area contributed by atoms with Crippen molar-refractivity contribution in [1.29, 1.82) is 0 Å². The highest BCUT2D eigenvalue weighted by Gasteiger charge is 2.14. The number of carboxylic acids is 1. The minimum Gasteiger partial charge on any atom is -0.478 e. The molecule has 0 aliphatic rings. The first-order chi connectivity index (χ1) is 6.43. The van der Waals surface area contributed by atoms with Gasteiger partial charge in [0.15, 0.2) is 0 Å².